The van der Waals surface area contributed by atoms with E-state index in [1.807, 2.05) is 7.05 Å². The average Bonchev–Trinajstić information content (AvgIpc) is 3.42. The number of rotatable bonds is 3. The Morgan fingerprint density at radius 2 is 1.67 bits per heavy atom. The number of aliphatic hydroxyl groups is 1. The quantitative estimate of drug-likeness (QED) is 0.358. The molecule has 7 heteroatoms. The van der Waals surface area contributed by atoms with Crippen molar-refractivity contribution in [2.75, 3.05) is 0 Å². The lowest BCUT2D eigenvalue weighted by atomic mass is 9.32. The largest absolute Gasteiger partial charge is 0.370 e. The third-order valence-electron chi connectivity index (χ3n) is 14.3. The van der Waals surface area contributed by atoms with Crippen LogP contribution in [0.1, 0.15) is 124 Å². The zero-order valence-electron chi connectivity index (χ0n) is 27.4. The Morgan fingerprint density at radius 3 is 2.29 bits per heavy atom. The van der Waals surface area contributed by atoms with Crippen LogP contribution in [0.2, 0.25) is 0 Å². The van der Waals surface area contributed by atoms with Crippen molar-refractivity contribution in [1.82, 2.24) is 14.9 Å². The number of ketones is 1. The third-order valence-corrected chi connectivity index (χ3v) is 14.3. The number of hydrogen-bond donors (Lipinski definition) is 2. The molecule has 0 bridgehead atoms. The van der Waals surface area contributed by atoms with Gasteiger partial charge < -0.3 is 15.0 Å². The van der Waals surface area contributed by atoms with Gasteiger partial charge in [0.05, 0.1) is 6.33 Å². The highest BCUT2D eigenvalue weighted by Crippen LogP contribution is 2.77. The fraction of sp³-hybridized carbons (Fsp3) is 0.800. The van der Waals surface area contributed by atoms with Gasteiger partial charge in [0.25, 0.3) is 5.91 Å². The van der Waals surface area contributed by atoms with Crippen LogP contribution in [-0.2, 0) is 11.8 Å². The maximum Gasteiger partial charge on any atom is 0.273 e. The van der Waals surface area contributed by atoms with Crippen molar-refractivity contribution in [2.45, 2.75) is 119 Å². The van der Waals surface area contributed by atoms with E-state index in [1.54, 1.807) is 17.1 Å². The Bertz CT molecular complexity index is 1330. The summed E-state index contributed by atoms with van der Waals surface area (Å²) < 4.78 is 1.76. The summed E-state index contributed by atoms with van der Waals surface area (Å²) in [5, 5.41) is 15.2. The molecule has 5 aliphatic carbocycles. The second-order valence-corrected chi connectivity index (χ2v) is 16.7. The zero-order valence-corrected chi connectivity index (χ0v) is 28.2. The van der Waals surface area contributed by atoms with Gasteiger partial charge in [-0.15, -0.1) is 12.4 Å². The van der Waals surface area contributed by atoms with E-state index in [-0.39, 0.29) is 40.0 Å². The zero-order chi connectivity index (χ0) is 30.0. The van der Waals surface area contributed by atoms with Crippen LogP contribution in [0.4, 0.5) is 0 Å². The van der Waals surface area contributed by atoms with Crippen LogP contribution in [0.3, 0.4) is 0 Å². The molecular weight excluding hydrogens is 546 g/mol. The van der Waals surface area contributed by atoms with E-state index in [0.717, 1.165) is 37.7 Å². The molecule has 0 spiro atoms. The minimum Gasteiger partial charge on any atom is -0.370 e. The lowest BCUT2D eigenvalue weighted by molar-refractivity contribution is -0.256. The SMILES string of the molecule is CC(C)C1=C2[C@H]3CC[C@@H]4[C@@]5(C)CC[C@@](O)(NC(=O)c6cn(C)cn6)C(C)(C)[C@@H]5CC[C@@]4(C)[C@]3(C)CC[C@@]2(C)CC1=O.Cl. The highest BCUT2D eigenvalue weighted by atomic mass is 35.5. The lowest BCUT2D eigenvalue weighted by Gasteiger charge is -2.73. The molecule has 1 aromatic rings. The summed E-state index contributed by atoms with van der Waals surface area (Å²) in [4.78, 5) is 30.8. The lowest BCUT2D eigenvalue weighted by Crippen LogP contribution is -2.71. The molecule has 0 radical (unpaired) electrons. The van der Waals surface area contributed by atoms with Crippen LogP contribution < -0.4 is 5.32 Å². The van der Waals surface area contributed by atoms with Crippen molar-refractivity contribution < 1.29 is 14.7 Å². The van der Waals surface area contributed by atoms with Gasteiger partial charge in [-0.1, -0.05) is 61.0 Å². The van der Waals surface area contributed by atoms with Crippen LogP contribution in [0.15, 0.2) is 23.7 Å². The molecule has 5 aliphatic rings. The number of imidazole rings is 1. The smallest absolute Gasteiger partial charge is 0.273 e. The summed E-state index contributed by atoms with van der Waals surface area (Å²) in [7, 11) is 1.85. The summed E-state index contributed by atoms with van der Waals surface area (Å²) in [5.41, 5.74) is 1.73. The average molecular weight is 600 g/mol. The fourth-order valence-electron chi connectivity index (χ4n) is 11.8. The van der Waals surface area contributed by atoms with Gasteiger partial charge in [-0.2, -0.15) is 0 Å². The normalized spacial score (nSPS) is 44.1. The van der Waals surface area contributed by atoms with E-state index < -0.39 is 11.1 Å². The number of amides is 1. The number of nitrogens with zero attached hydrogens (tertiary/aromatic N) is 2. The Hall–Kier alpha value is -1.66. The molecule has 4 fully saturated rings. The molecular formula is C35H54ClN3O3. The monoisotopic (exact) mass is 599 g/mol. The number of Topliss-reactive ketones (excluding diaryl/α,β-unsaturated/α-hetero) is 1. The molecule has 0 aliphatic heterocycles. The Labute approximate surface area is 259 Å². The number of aromatic nitrogens is 2. The molecule has 0 unspecified atom stereocenters. The van der Waals surface area contributed by atoms with E-state index in [1.165, 1.54) is 18.4 Å². The van der Waals surface area contributed by atoms with Crippen molar-refractivity contribution in [1.29, 1.82) is 0 Å². The molecule has 6 rings (SSSR count). The Kier molecular flexibility index (Phi) is 7.31. The predicted octanol–water partition coefficient (Wildman–Crippen LogP) is 7.26. The van der Waals surface area contributed by atoms with Crippen molar-refractivity contribution in [3.8, 4) is 0 Å². The van der Waals surface area contributed by atoms with Crippen molar-refractivity contribution in [2.24, 2.45) is 57.8 Å². The van der Waals surface area contributed by atoms with E-state index in [9.17, 15) is 14.7 Å². The first-order chi connectivity index (χ1) is 18.9. The number of fused-ring (bicyclic) bond motifs is 7. The highest BCUT2D eigenvalue weighted by Gasteiger charge is 2.71. The first-order valence-corrected chi connectivity index (χ1v) is 16.2. The summed E-state index contributed by atoms with van der Waals surface area (Å²) in [6.07, 6.45) is 12.3. The van der Waals surface area contributed by atoms with E-state index in [2.05, 4.69) is 65.7 Å². The summed E-state index contributed by atoms with van der Waals surface area (Å²) >= 11 is 0. The molecule has 4 saturated carbocycles. The number of allylic oxidation sites excluding steroid dienone is 2. The second-order valence-electron chi connectivity index (χ2n) is 16.7. The molecule has 1 amide bonds. The van der Waals surface area contributed by atoms with Gasteiger partial charge in [0.2, 0.25) is 0 Å². The Morgan fingerprint density at radius 1 is 0.976 bits per heavy atom. The van der Waals surface area contributed by atoms with E-state index in [0.29, 0.717) is 48.0 Å². The summed E-state index contributed by atoms with van der Waals surface area (Å²) in [6, 6.07) is 0. The fourth-order valence-corrected chi connectivity index (χ4v) is 11.8. The van der Waals surface area contributed by atoms with Crippen LogP contribution in [0.25, 0.3) is 0 Å². The van der Waals surface area contributed by atoms with Crippen molar-refractivity contribution in [3.05, 3.63) is 29.4 Å². The Balaban J connectivity index is 0.00000353. The number of aryl methyl sites for hydroxylation is 1. The molecule has 234 valence electrons. The van der Waals surface area contributed by atoms with Gasteiger partial charge in [0, 0.05) is 25.1 Å². The summed E-state index contributed by atoms with van der Waals surface area (Å²) in [6.45, 7) is 18.9. The van der Waals surface area contributed by atoms with Crippen LogP contribution in [-0.4, -0.2) is 32.1 Å². The molecule has 6 nitrogen and oxygen atoms in total. The number of carbonyl (C=O) groups excluding carboxylic acids is 2. The second kappa shape index (κ2) is 9.67. The van der Waals surface area contributed by atoms with Gasteiger partial charge in [-0.05, 0) is 102 Å². The van der Waals surface area contributed by atoms with Crippen LogP contribution in [0.5, 0.6) is 0 Å². The van der Waals surface area contributed by atoms with E-state index in [4.69, 9.17) is 0 Å². The van der Waals surface area contributed by atoms with Gasteiger partial charge in [0.1, 0.15) is 11.4 Å². The molecule has 1 aromatic heterocycles. The van der Waals surface area contributed by atoms with Gasteiger partial charge in [-0.3, -0.25) is 9.59 Å². The predicted molar refractivity (Wildman–Crippen MR) is 168 cm³/mol. The standard InChI is InChI=1S/C35H53N3O3.ClH/c1-21(2)27-24(39)18-31(5)14-16-33(7)22(28(27)31)10-11-26-32(6)15-17-35(41,37-29(40)23-19-38(9)20-36-23)30(3,4)25(32)12-13-34(26,33)8;/h19-22,25-26,41H,10-18H2,1-9H3,(H,37,40);1H/t22-,25+,26-,31+,32+,33-,34-,35+;/m1./s1. The molecule has 0 aromatic carbocycles. The highest BCUT2D eigenvalue weighted by molar-refractivity contribution is 6.00. The van der Waals surface area contributed by atoms with Crippen molar-refractivity contribution in [3.63, 3.8) is 0 Å². The summed E-state index contributed by atoms with van der Waals surface area (Å²) in [5.74, 6) is 1.73. The third kappa shape index (κ3) is 3.95. The minimum absolute atomic E-state index is 0. The number of carbonyl (C=O) groups is 2. The van der Waals surface area contributed by atoms with Crippen LogP contribution in [0, 0.1) is 50.7 Å². The first-order valence-electron chi connectivity index (χ1n) is 16.2. The molecule has 0 saturated heterocycles. The molecule has 1 heterocycles. The first kappa shape index (κ1) is 31.8. The van der Waals surface area contributed by atoms with Gasteiger partial charge >= 0.3 is 0 Å². The topological polar surface area (TPSA) is 84.2 Å². The van der Waals surface area contributed by atoms with Crippen molar-refractivity contribution >= 4 is 24.1 Å². The minimum atomic E-state index is -1.28. The maximum atomic E-state index is 13.4. The molecule has 42 heavy (non-hydrogen) atoms. The van der Waals surface area contributed by atoms with Gasteiger partial charge in [0.15, 0.2) is 5.78 Å². The number of nitrogens with one attached hydrogen (secondary N) is 1. The van der Waals surface area contributed by atoms with Gasteiger partial charge in [-0.25, -0.2) is 4.98 Å². The molecule has 8 atom stereocenters. The van der Waals surface area contributed by atoms with E-state index >= 15 is 0 Å². The number of halogens is 1. The number of hydrogen-bond acceptors (Lipinski definition) is 4. The van der Waals surface area contributed by atoms with Crippen LogP contribution >= 0.6 is 12.4 Å². The molecule has 2 N–H and O–H groups in total. The maximum absolute atomic E-state index is 13.4.